The zero-order valence-corrected chi connectivity index (χ0v) is 51.1. The number of hydrogen-bond donors (Lipinski definition) is 0. The van der Waals surface area contributed by atoms with E-state index in [2.05, 4.69) is 32.9 Å². The van der Waals surface area contributed by atoms with Crippen molar-refractivity contribution in [3.8, 4) is 0 Å². The highest BCUT2D eigenvalue weighted by Crippen LogP contribution is 2.19. The average Bonchev–Trinajstić information content (AvgIpc) is 3.41. The minimum Gasteiger partial charge on any atom is -0.462 e. The molecule has 6 nitrogen and oxygen atoms in total. The number of esters is 3. The van der Waals surface area contributed by atoms with Crippen molar-refractivity contribution in [1.29, 1.82) is 0 Å². The van der Waals surface area contributed by atoms with Crippen LogP contribution in [0, 0.1) is 0 Å². The van der Waals surface area contributed by atoms with E-state index in [1.807, 2.05) is 0 Å². The zero-order valence-electron chi connectivity index (χ0n) is 51.1. The number of hydrogen-bond acceptors (Lipinski definition) is 6. The summed E-state index contributed by atoms with van der Waals surface area (Å²) in [6, 6.07) is 0. The molecule has 6 heteroatoms. The summed E-state index contributed by atoms with van der Waals surface area (Å²) >= 11 is 0. The van der Waals surface area contributed by atoms with Crippen LogP contribution in [0.4, 0.5) is 0 Å². The first-order valence-corrected chi connectivity index (χ1v) is 34.2. The molecule has 0 spiro atoms. The lowest BCUT2D eigenvalue weighted by molar-refractivity contribution is -0.167. The van der Waals surface area contributed by atoms with Gasteiger partial charge in [0.2, 0.25) is 0 Å². The molecule has 75 heavy (non-hydrogen) atoms. The van der Waals surface area contributed by atoms with Crippen LogP contribution in [0.25, 0.3) is 0 Å². The van der Waals surface area contributed by atoms with Gasteiger partial charge in [-0.25, -0.2) is 0 Å². The van der Waals surface area contributed by atoms with Crippen LogP contribution >= 0.6 is 0 Å². The van der Waals surface area contributed by atoms with Gasteiger partial charge in [-0.1, -0.05) is 341 Å². The van der Waals surface area contributed by atoms with Crippen LogP contribution in [0.15, 0.2) is 12.2 Å². The highest BCUT2D eigenvalue weighted by Gasteiger charge is 2.19. The molecule has 0 N–H and O–H groups in total. The van der Waals surface area contributed by atoms with E-state index >= 15 is 0 Å². The van der Waals surface area contributed by atoms with Crippen molar-refractivity contribution in [2.24, 2.45) is 0 Å². The Kier molecular flexibility index (Phi) is 63.1. The number of ether oxygens (including phenoxy) is 3. The van der Waals surface area contributed by atoms with Gasteiger partial charge in [-0.05, 0) is 44.9 Å². The third kappa shape index (κ3) is 62.9. The largest absolute Gasteiger partial charge is 0.462 e. The minimum absolute atomic E-state index is 0.0628. The van der Waals surface area contributed by atoms with Crippen LogP contribution in [-0.4, -0.2) is 37.2 Å². The molecule has 0 bridgehead atoms. The molecule has 0 heterocycles. The second kappa shape index (κ2) is 64.7. The number of allylic oxidation sites excluding steroid dienone is 2. The van der Waals surface area contributed by atoms with Gasteiger partial charge in [0.1, 0.15) is 13.2 Å². The molecule has 0 unspecified atom stereocenters. The summed E-state index contributed by atoms with van der Waals surface area (Å²) in [5.74, 6) is -0.827. The molecule has 0 aromatic carbocycles. The van der Waals surface area contributed by atoms with Gasteiger partial charge in [0.05, 0.1) is 0 Å². The molecular formula is C69H132O6. The van der Waals surface area contributed by atoms with Gasteiger partial charge in [-0.2, -0.15) is 0 Å². The maximum atomic E-state index is 12.9. The monoisotopic (exact) mass is 1060 g/mol. The molecule has 0 aliphatic rings. The Morgan fingerprint density at radius 2 is 0.440 bits per heavy atom. The van der Waals surface area contributed by atoms with Gasteiger partial charge in [0.15, 0.2) is 6.10 Å². The Morgan fingerprint density at radius 1 is 0.253 bits per heavy atom. The Balaban J connectivity index is 4.28. The molecule has 444 valence electrons. The van der Waals surface area contributed by atoms with Crippen LogP contribution in [0.5, 0.6) is 0 Å². The van der Waals surface area contributed by atoms with Gasteiger partial charge in [0.25, 0.3) is 0 Å². The second-order valence-electron chi connectivity index (χ2n) is 23.5. The van der Waals surface area contributed by atoms with Gasteiger partial charge >= 0.3 is 17.9 Å². The van der Waals surface area contributed by atoms with Crippen LogP contribution in [-0.2, 0) is 28.6 Å². The fourth-order valence-corrected chi connectivity index (χ4v) is 10.6. The Hall–Kier alpha value is -1.85. The summed E-state index contributed by atoms with van der Waals surface area (Å²) in [5, 5.41) is 0. The first kappa shape index (κ1) is 73.2. The van der Waals surface area contributed by atoms with Crippen molar-refractivity contribution < 1.29 is 28.6 Å². The number of rotatable bonds is 64. The summed E-state index contributed by atoms with van der Waals surface area (Å²) in [4.78, 5) is 38.4. The van der Waals surface area contributed by atoms with Crippen molar-refractivity contribution >= 4 is 17.9 Å². The maximum absolute atomic E-state index is 12.9. The second-order valence-corrected chi connectivity index (χ2v) is 23.5. The molecule has 0 aromatic heterocycles. The van der Waals surface area contributed by atoms with E-state index in [0.717, 1.165) is 57.8 Å². The lowest BCUT2D eigenvalue weighted by Gasteiger charge is -2.18. The Bertz CT molecular complexity index is 1170. The van der Waals surface area contributed by atoms with Crippen LogP contribution in [0.3, 0.4) is 0 Å². The van der Waals surface area contributed by atoms with Crippen LogP contribution in [0.1, 0.15) is 393 Å². The number of carbonyl (C=O) groups is 3. The summed E-state index contributed by atoms with van der Waals surface area (Å²) < 4.78 is 17.0. The van der Waals surface area contributed by atoms with E-state index in [-0.39, 0.29) is 31.1 Å². The van der Waals surface area contributed by atoms with E-state index in [0.29, 0.717) is 19.3 Å². The van der Waals surface area contributed by atoms with E-state index in [1.54, 1.807) is 0 Å². The Morgan fingerprint density at radius 3 is 0.667 bits per heavy atom. The summed E-state index contributed by atoms with van der Waals surface area (Å²) in [5.41, 5.74) is 0. The molecule has 0 amide bonds. The van der Waals surface area contributed by atoms with Crippen molar-refractivity contribution in [1.82, 2.24) is 0 Å². The van der Waals surface area contributed by atoms with Crippen molar-refractivity contribution in [3.63, 3.8) is 0 Å². The number of unbranched alkanes of at least 4 members (excludes halogenated alkanes) is 51. The van der Waals surface area contributed by atoms with Crippen molar-refractivity contribution in [2.45, 2.75) is 399 Å². The van der Waals surface area contributed by atoms with E-state index in [1.165, 1.54) is 295 Å². The molecule has 0 rings (SSSR count). The standard InChI is InChI=1S/C69H132O6/c1-4-7-10-13-16-19-22-25-28-31-33-34-36-39-41-44-47-50-53-56-59-62-68(71)74-65-66(75-69(72)63-60-57-54-51-48-45-42-37-30-27-24-21-18-15-12-9-6-3)64-73-67(70)61-58-55-52-49-46-43-40-38-35-32-29-26-23-20-17-14-11-8-5-2/h25,28,66H,4-24,26-27,29-65H2,1-3H3/b28-25-/t66-/m0/s1. The first-order valence-electron chi connectivity index (χ1n) is 34.2. The van der Waals surface area contributed by atoms with Crippen LogP contribution in [0.2, 0.25) is 0 Å². The highest BCUT2D eigenvalue weighted by atomic mass is 16.6. The molecule has 0 aromatic rings. The summed E-state index contributed by atoms with van der Waals surface area (Å²) in [7, 11) is 0. The van der Waals surface area contributed by atoms with Gasteiger partial charge < -0.3 is 14.2 Å². The van der Waals surface area contributed by atoms with Gasteiger partial charge in [-0.3, -0.25) is 14.4 Å². The molecular weight excluding hydrogens is 925 g/mol. The molecule has 1 atom stereocenters. The fourth-order valence-electron chi connectivity index (χ4n) is 10.6. The average molecular weight is 1060 g/mol. The predicted octanol–water partition coefficient (Wildman–Crippen LogP) is 23.2. The van der Waals surface area contributed by atoms with Gasteiger partial charge in [-0.15, -0.1) is 0 Å². The smallest absolute Gasteiger partial charge is 0.306 e. The van der Waals surface area contributed by atoms with E-state index < -0.39 is 6.10 Å². The summed E-state index contributed by atoms with van der Waals surface area (Å²) in [6.07, 6.45) is 76.5. The fraction of sp³-hybridized carbons (Fsp3) is 0.928. The minimum atomic E-state index is -0.766. The normalized spacial score (nSPS) is 12.0. The summed E-state index contributed by atoms with van der Waals surface area (Å²) in [6.45, 7) is 6.73. The lowest BCUT2D eigenvalue weighted by atomic mass is 10.0. The molecule has 0 aliphatic heterocycles. The topological polar surface area (TPSA) is 78.9 Å². The lowest BCUT2D eigenvalue weighted by Crippen LogP contribution is -2.30. The zero-order chi connectivity index (χ0) is 54.3. The Labute approximate surface area is 469 Å². The third-order valence-electron chi connectivity index (χ3n) is 15.8. The maximum Gasteiger partial charge on any atom is 0.306 e. The quantitative estimate of drug-likeness (QED) is 0.0261. The molecule has 0 fully saturated rings. The molecule has 0 aliphatic carbocycles. The van der Waals surface area contributed by atoms with E-state index in [4.69, 9.17) is 14.2 Å². The van der Waals surface area contributed by atoms with Crippen LogP contribution < -0.4 is 0 Å². The third-order valence-corrected chi connectivity index (χ3v) is 15.8. The van der Waals surface area contributed by atoms with Crippen molar-refractivity contribution in [3.05, 3.63) is 12.2 Å². The van der Waals surface area contributed by atoms with E-state index in [9.17, 15) is 14.4 Å². The highest BCUT2D eigenvalue weighted by molar-refractivity contribution is 5.71. The SMILES string of the molecule is CCCCCCCC/C=C\CCCCCCCCCCCCCC(=O)OC[C@H](COC(=O)CCCCCCCCCCCCCCCCCCCCC)OC(=O)CCCCCCCCCCCCCCCCCCC. The number of carbonyl (C=O) groups excluding carboxylic acids is 3. The predicted molar refractivity (Wildman–Crippen MR) is 326 cm³/mol. The molecule has 0 saturated carbocycles. The van der Waals surface area contributed by atoms with Crippen molar-refractivity contribution in [2.75, 3.05) is 13.2 Å². The first-order chi connectivity index (χ1) is 37.0. The molecule has 0 radical (unpaired) electrons. The van der Waals surface area contributed by atoms with Gasteiger partial charge in [0, 0.05) is 19.3 Å². The molecule has 0 saturated heterocycles.